The second-order valence-electron chi connectivity index (χ2n) is 3.40. The topological polar surface area (TPSA) is 24.8 Å². The smallest absolute Gasteiger partial charge is 0.396 e. The SMILES string of the molecule is FC(F)(F)OC1=CN2C(=NS1)Sc1ccccc12. The maximum absolute atomic E-state index is 12.1. The van der Waals surface area contributed by atoms with Gasteiger partial charge in [-0.25, -0.2) is 0 Å². The second kappa shape index (κ2) is 4.13. The Bertz CT molecular complexity index is 556. The Balaban J connectivity index is 1.91. The van der Waals surface area contributed by atoms with E-state index >= 15 is 0 Å². The summed E-state index contributed by atoms with van der Waals surface area (Å²) in [5.74, 6) is 0. The lowest BCUT2D eigenvalue weighted by atomic mass is 10.3. The summed E-state index contributed by atoms with van der Waals surface area (Å²) in [7, 11) is 0. The molecule has 2 aliphatic heterocycles. The number of ether oxygens (including phenoxy) is 1. The van der Waals surface area contributed by atoms with Crippen molar-refractivity contribution < 1.29 is 17.9 Å². The van der Waals surface area contributed by atoms with Crippen LogP contribution in [0.3, 0.4) is 0 Å². The zero-order valence-corrected chi connectivity index (χ0v) is 10.3. The van der Waals surface area contributed by atoms with Crippen LogP contribution in [0.1, 0.15) is 0 Å². The van der Waals surface area contributed by atoms with Crippen LogP contribution in [0, 0.1) is 0 Å². The summed E-state index contributed by atoms with van der Waals surface area (Å²) in [5, 5.41) is 0.347. The predicted octanol–water partition coefficient (Wildman–Crippen LogP) is 3.95. The molecule has 0 saturated heterocycles. The number of halogens is 3. The number of alkyl halides is 3. The highest BCUT2D eigenvalue weighted by Crippen LogP contribution is 2.45. The summed E-state index contributed by atoms with van der Waals surface area (Å²) >= 11 is 2.10. The number of amidine groups is 1. The van der Waals surface area contributed by atoms with Crippen molar-refractivity contribution in [2.24, 2.45) is 4.40 Å². The number of hydrogen-bond donors (Lipinski definition) is 0. The molecule has 0 fully saturated rings. The fourth-order valence-corrected chi connectivity index (χ4v) is 3.22. The maximum atomic E-state index is 12.1. The average molecular weight is 290 g/mol. The molecule has 0 atom stereocenters. The second-order valence-corrected chi connectivity index (χ2v) is 5.18. The van der Waals surface area contributed by atoms with E-state index < -0.39 is 6.36 Å². The molecule has 0 aromatic heterocycles. The van der Waals surface area contributed by atoms with Gasteiger partial charge in [-0.15, -0.1) is 13.2 Å². The third kappa shape index (κ3) is 2.17. The molecule has 3 nitrogen and oxygen atoms in total. The Kier molecular flexibility index (Phi) is 2.70. The summed E-state index contributed by atoms with van der Waals surface area (Å²) < 4.78 is 44.3. The molecule has 18 heavy (non-hydrogen) atoms. The van der Waals surface area contributed by atoms with Gasteiger partial charge in [-0.3, -0.25) is 4.90 Å². The van der Waals surface area contributed by atoms with Gasteiger partial charge in [-0.1, -0.05) is 12.1 Å². The minimum atomic E-state index is -4.70. The lowest BCUT2D eigenvalue weighted by molar-refractivity contribution is -0.300. The Morgan fingerprint density at radius 2 is 2.00 bits per heavy atom. The van der Waals surface area contributed by atoms with Crippen molar-refractivity contribution in [2.75, 3.05) is 4.90 Å². The van der Waals surface area contributed by atoms with Crippen LogP contribution < -0.4 is 4.90 Å². The number of thioether (sulfide) groups is 1. The molecule has 0 bridgehead atoms. The normalized spacial score (nSPS) is 17.8. The van der Waals surface area contributed by atoms with Gasteiger partial charge in [0.2, 0.25) is 5.09 Å². The third-order valence-corrected chi connectivity index (χ3v) is 3.98. The van der Waals surface area contributed by atoms with E-state index in [2.05, 4.69) is 9.13 Å². The highest BCUT2D eigenvalue weighted by Gasteiger charge is 2.35. The van der Waals surface area contributed by atoms with Gasteiger partial charge in [-0.2, -0.15) is 4.40 Å². The Hall–Kier alpha value is -1.28. The van der Waals surface area contributed by atoms with Gasteiger partial charge in [0.25, 0.3) is 0 Å². The number of benzene rings is 1. The van der Waals surface area contributed by atoms with Crippen LogP contribution in [0.4, 0.5) is 18.9 Å². The number of para-hydroxylation sites is 1. The fraction of sp³-hybridized carbons (Fsp3) is 0.100. The number of fused-ring (bicyclic) bond motifs is 3. The first kappa shape index (κ1) is 11.8. The lowest BCUT2D eigenvalue weighted by Gasteiger charge is -2.20. The summed E-state index contributed by atoms with van der Waals surface area (Å²) in [5.41, 5.74) is 0.810. The minimum Gasteiger partial charge on any atom is -0.396 e. The van der Waals surface area contributed by atoms with Crippen molar-refractivity contribution in [2.45, 2.75) is 11.3 Å². The highest BCUT2D eigenvalue weighted by atomic mass is 32.2. The molecule has 2 aliphatic rings. The van der Waals surface area contributed by atoms with E-state index in [1.165, 1.54) is 18.0 Å². The van der Waals surface area contributed by atoms with Crippen LogP contribution in [0.5, 0.6) is 0 Å². The molecule has 0 unspecified atom stereocenters. The van der Waals surface area contributed by atoms with Crippen LogP contribution >= 0.6 is 23.7 Å². The van der Waals surface area contributed by atoms with Crippen molar-refractivity contribution in [3.8, 4) is 0 Å². The lowest BCUT2D eigenvalue weighted by Crippen LogP contribution is -2.22. The zero-order chi connectivity index (χ0) is 12.8. The molecule has 1 aromatic carbocycles. The molecule has 0 amide bonds. The van der Waals surface area contributed by atoms with E-state index in [1.54, 1.807) is 4.90 Å². The van der Waals surface area contributed by atoms with Crippen molar-refractivity contribution in [3.05, 3.63) is 35.6 Å². The van der Waals surface area contributed by atoms with E-state index in [4.69, 9.17) is 0 Å². The summed E-state index contributed by atoms with van der Waals surface area (Å²) in [6.45, 7) is 0. The van der Waals surface area contributed by atoms with Crippen molar-refractivity contribution >= 4 is 34.6 Å². The molecule has 0 radical (unpaired) electrons. The third-order valence-electron chi connectivity index (χ3n) is 2.20. The van der Waals surface area contributed by atoms with Gasteiger partial charge in [-0.05, 0) is 23.9 Å². The fourth-order valence-electron chi connectivity index (χ4n) is 1.55. The molecule has 94 valence electrons. The molecule has 2 heterocycles. The predicted molar refractivity (Wildman–Crippen MR) is 65.0 cm³/mol. The number of nitrogens with zero attached hydrogens (tertiary/aromatic N) is 2. The van der Waals surface area contributed by atoms with Gasteiger partial charge in [0.15, 0.2) is 5.17 Å². The van der Waals surface area contributed by atoms with E-state index in [-0.39, 0.29) is 5.09 Å². The molecule has 3 rings (SSSR count). The largest absolute Gasteiger partial charge is 0.573 e. The summed E-state index contributed by atoms with van der Waals surface area (Å²) in [4.78, 5) is 2.55. The maximum Gasteiger partial charge on any atom is 0.573 e. The minimum absolute atomic E-state index is 0.288. The zero-order valence-electron chi connectivity index (χ0n) is 8.64. The first-order valence-electron chi connectivity index (χ1n) is 4.82. The van der Waals surface area contributed by atoms with Gasteiger partial charge in [0, 0.05) is 4.90 Å². The van der Waals surface area contributed by atoms with Crippen LogP contribution in [0.15, 0.2) is 44.8 Å². The molecule has 0 spiro atoms. The molecule has 1 aromatic rings. The van der Waals surface area contributed by atoms with Gasteiger partial charge in [0.1, 0.15) is 0 Å². The quantitative estimate of drug-likeness (QED) is 0.731. The highest BCUT2D eigenvalue weighted by molar-refractivity contribution is 8.16. The molecule has 0 saturated carbocycles. The Morgan fingerprint density at radius 1 is 1.22 bits per heavy atom. The van der Waals surface area contributed by atoms with E-state index in [0.717, 1.165) is 10.6 Å². The Morgan fingerprint density at radius 3 is 2.78 bits per heavy atom. The van der Waals surface area contributed by atoms with Crippen LogP contribution in [-0.2, 0) is 4.74 Å². The number of rotatable bonds is 1. The van der Waals surface area contributed by atoms with E-state index in [0.29, 0.717) is 17.1 Å². The summed E-state index contributed by atoms with van der Waals surface area (Å²) in [6, 6.07) is 7.41. The first-order chi connectivity index (χ1) is 8.53. The Labute approximate surface area is 109 Å². The van der Waals surface area contributed by atoms with E-state index in [1.807, 2.05) is 24.3 Å². The number of hydrogen-bond acceptors (Lipinski definition) is 5. The monoisotopic (exact) mass is 290 g/mol. The molecule has 0 N–H and O–H groups in total. The molecule has 8 heteroatoms. The molecular formula is C10H5F3N2OS2. The average Bonchev–Trinajstić information content (AvgIpc) is 2.65. The van der Waals surface area contributed by atoms with Crippen LogP contribution in [-0.4, -0.2) is 11.5 Å². The van der Waals surface area contributed by atoms with Crippen LogP contribution in [0.25, 0.3) is 0 Å². The van der Waals surface area contributed by atoms with Gasteiger partial charge >= 0.3 is 6.36 Å². The van der Waals surface area contributed by atoms with Crippen molar-refractivity contribution in [1.29, 1.82) is 0 Å². The summed E-state index contributed by atoms with van der Waals surface area (Å²) in [6.07, 6.45) is -3.39. The molecule has 0 aliphatic carbocycles. The first-order valence-corrected chi connectivity index (χ1v) is 6.41. The van der Waals surface area contributed by atoms with Crippen LogP contribution in [0.2, 0.25) is 0 Å². The van der Waals surface area contributed by atoms with E-state index in [9.17, 15) is 13.2 Å². The molecular weight excluding hydrogens is 285 g/mol. The van der Waals surface area contributed by atoms with Gasteiger partial charge in [0.05, 0.1) is 23.8 Å². The standard InChI is InChI=1S/C10H5F3N2OS2/c11-10(12,13)16-8-5-15-6-3-1-2-4-7(6)17-9(15)14-18-8/h1-5H. The van der Waals surface area contributed by atoms with Crippen molar-refractivity contribution in [1.82, 2.24) is 0 Å². The number of anilines is 1. The van der Waals surface area contributed by atoms with Gasteiger partial charge < -0.3 is 4.74 Å². The van der Waals surface area contributed by atoms with Crippen molar-refractivity contribution in [3.63, 3.8) is 0 Å².